The van der Waals surface area contributed by atoms with Gasteiger partial charge in [-0.2, -0.15) is 0 Å². The second-order valence-electron chi connectivity index (χ2n) is 5.46. The Morgan fingerprint density at radius 3 is 2.83 bits per heavy atom. The fourth-order valence-corrected chi connectivity index (χ4v) is 2.80. The molecule has 6 heteroatoms. The fraction of sp³-hybridized carbons (Fsp3) is 0.235. The third-order valence-corrected chi connectivity index (χ3v) is 4.42. The molecule has 0 unspecified atom stereocenters. The Balaban J connectivity index is 1.50. The average molecular weight is 354 g/mol. The maximum atomic E-state index is 13.1. The van der Waals surface area contributed by atoms with Crippen molar-refractivity contribution >= 4 is 28.9 Å². The number of benzene rings is 2. The monoisotopic (exact) mass is 353 g/mol. The first-order valence-electron chi connectivity index (χ1n) is 7.36. The molecule has 1 aliphatic rings. The number of halogens is 3. The Labute approximate surface area is 144 Å². The first-order chi connectivity index (χ1) is 11.1. The van der Waals surface area contributed by atoms with Crippen LogP contribution in [0.15, 0.2) is 47.6 Å². The molecule has 0 saturated heterocycles. The Hall–Kier alpha value is -1.62. The van der Waals surface area contributed by atoms with Crippen LogP contribution in [-0.2, 0) is 11.4 Å². The molecule has 0 bridgehead atoms. The number of nitrogens with zero attached hydrogens (tertiary/aromatic N) is 1. The lowest BCUT2D eigenvalue weighted by molar-refractivity contribution is -0.676. The van der Waals surface area contributed by atoms with Crippen molar-refractivity contribution in [1.29, 1.82) is 0 Å². The van der Waals surface area contributed by atoms with E-state index in [1.165, 1.54) is 6.07 Å². The predicted molar refractivity (Wildman–Crippen MR) is 89.4 cm³/mol. The predicted octanol–water partition coefficient (Wildman–Crippen LogP) is 3.39. The molecule has 1 heterocycles. The summed E-state index contributed by atoms with van der Waals surface area (Å²) in [6, 6.07) is 12.1. The molecule has 120 valence electrons. The largest absolute Gasteiger partial charge is 0.386 e. The van der Waals surface area contributed by atoms with Gasteiger partial charge in [0.1, 0.15) is 18.9 Å². The number of hydrogen-bond acceptors (Lipinski definition) is 2. The second-order valence-corrected chi connectivity index (χ2v) is 6.27. The zero-order valence-corrected chi connectivity index (χ0v) is 13.8. The smallest absolute Gasteiger partial charge is 0.181 e. The van der Waals surface area contributed by atoms with Crippen molar-refractivity contribution in [3.05, 3.63) is 69.5 Å². The fourth-order valence-electron chi connectivity index (χ4n) is 2.50. The molecule has 0 aromatic heterocycles. The zero-order chi connectivity index (χ0) is 16.2. The Morgan fingerprint density at radius 2 is 2.04 bits per heavy atom. The highest BCUT2D eigenvalue weighted by molar-refractivity contribution is 6.42. The molecule has 3 rings (SSSR count). The normalized spacial score (nSPS) is 17.0. The minimum absolute atomic E-state index is 0.00742. The van der Waals surface area contributed by atoms with Gasteiger partial charge in [-0.05, 0) is 24.3 Å². The van der Waals surface area contributed by atoms with Gasteiger partial charge in [-0.25, -0.2) is 4.39 Å². The van der Waals surface area contributed by atoms with Crippen LogP contribution in [0.25, 0.3) is 0 Å². The summed E-state index contributed by atoms with van der Waals surface area (Å²) in [6.45, 7) is 1.46. The molecule has 1 atom stereocenters. The highest BCUT2D eigenvalue weighted by Gasteiger charge is 2.23. The van der Waals surface area contributed by atoms with Gasteiger partial charge >= 0.3 is 0 Å². The molecular weight excluding hydrogens is 338 g/mol. The van der Waals surface area contributed by atoms with Crippen molar-refractivity contribution < 1.29 is 14.5 Å². The van der Waals surface area contributed by atoms with E-state index in [1.807, 2.05) is 12.1 Å². The lowest BCUT2D eigenvalue weighted by Crippen LogP contribution is -2.84. The van der Waals surface area contributed by atoms with Crippen molar-refractivity contribution in [2.75, 3.05) is 6.54 Å². The highest BCUT2D eigenvalue weighted by atomic mass is 35.5. The molecule has 23 heavy (non-hydrogen) atoms. The van der Waals surface area contributed by atoms with Crippen molar-refractivity contribution in [3.63, 3.8) is 0 Å². The van der Waals surface area contributed by atoms with E-state index in [2.05, 4.69) is 10.5 Å². The van der Waals surface area contributed by atoms with Gasteiger partial charge in [-0.3, -0.25) is 0 Å². The SMILES string of the molecule is Fc1cccc(C[NH2+]C[C@@H]2CC(c3ccc(Cl)c(Cl)c3)=NO2)c1. The number of quaternary nitrogens is 1. The van der Waals surface area contributed by atoms with Gasteiger partial charge in [0.25, 0.3) is 0 Å². The van der Waals surface area contributed by atoms with Crippen LogP contribution >= 0.6 is 23.2 Å². The molecule has 0 fully saturated rings. The van der Waals surface area contributed by atoms with E-state index in [0.717, 1.165) is 29.8 Å². The van der Waals surface area contributed by atoms with Gasteiger partial charge in [-0.15, -0.1) is 0 Å². The van der Waals surface area contributed by atoms with E-state index >= 15 is 0 Å². The second kappa shape index (κ2) is 7.30. The van der Waals surface area contributed by atoms with Crippen LogP contribution in [0.2, 0.25) is 10.0 Å². The van der Waals surface area contributed by atoms with E-state index in [4.69, 9.17) is 28.0 Å². The summed E-state index contributed by atoms with van der Waals surface area (Å²) in [5.74, 6) is -0.210. The van der Waals surface area contributed by atoms with E-state index in [9.17, 15) is 4.39 Å². The first kappa shape index (κ1) is 16.2. The molecule has 2 aromatic carbocycles. The van der Waals surface area contributed by atoms with Crippen LogP contribution in [0.5, 0.6) is 0 Å². The van der Waals surface area contributed by atoms with Crippen molar-refractivity contribution in [2.24, 2.45) is 5.16 Å². The molecule has 0 aliphatic carbocycles. The van der Waals surface area contributed by atoms with Gasteiger partial charge in [0, 0.05) is 17.5 Å². The summed E-state index contributed by atoms with van der Waals surface area (Å²) in [5, 5.41) is 7.25. The number of oxime groups is 1. The number of rotatable bonds is 5. The third-order valence-electron chi connectivity index (χ3n) is 3.68. The van der Waals surface area contributed by atoms with Gasteiger partial charge < -0.3 is 10.2 Å². The van der Waals surface area contributed by atoms with Gasteiger partial charge in [0.05, 0.1) is 15.8 Å². The van der Waals surface area contributed by atoms with Crippen molar-refractivity contribution in [2.45, 2.75) is 19.1 Å². The minimum Gasteiger partial charge on any atom is -0.386 e. The Kier molecular flexibility index (Phi) is 5.16. The Morgan fingerprint density at radius 1 is 1.17 bits per heavy atom. The van der Waals surface area contributed by atoms with E-state index < -0.39 is 0 Å². The van der Waals surface area contributed by atoms with Crippen molar-refractivity contribution in [3.8, 4) is 0 Å². The van der Waals surface area contributed by atoms with Crippen LogP contribution in [0.4, 0.5) is 4.39 Å². The average Bonchev–Trinajstić information content (AvgIpc) is 2.99. The molecule has 2 N–H and O–H groups in total. The highest BCUT2D eigenvalue weighted by Crippen LogP contribution is 2.25. The molecule has 0 radical (unpaired) electrons. The molecule has 0 saturated carbocycles. The van der Waals surface area contributed by atoms with Crippen LogP contribution in [0.1, 0.15) is 17.5 Å². The lowest BCUT2D eigenvalue weighted by Gasteiger charge is -2.07. The molecular formula is C17H16Cl2FN2O+. The summed E-state index contributed by atoms with van der Waals surface area (Å²) in [4.78, 5) is 5.46. The van der Waals surface area contributed by atoms with Gasteiger partial charge in [0.15, 0.2) is 6.10 Å². The lowest BCUT2D eigenvalue weighted by atomic mass is 10.1. The zero-order valence-electron chi connectivity index (χ0n) is 12.3. The van der Waals surface area contributed by atoms with Crippen LogP contribution in [0.3, 0.4) is 0 Å². The van der Waals surface area contributed by atoms with Crippen molar-refractivity contribution in [1.82, 2.24) is 0 Å². The first-order valence-corrected chi connectivity index (χ1v) is 8.11. The third kappa shape index (κ3) is 4.22. The molecule has 1 aliphatic heterocycles. The van der Waals surface area contributed by atoms with E-state index in [0.29, 0.717) is 16.6 Å². The standard InChI is InChI=1S/C17H15Cl2FN2O/c18-15-5-4-12(7-16(15)19)17-8-14(23-22-17)10-21-9-11-2-1-3-13(20)6-11/h1-7,14,21H,8-10H2/p+1/t14-/m0/s1. The Bertz CT molecular complexity index is 736. The van der Waals surface area contributed by atoms with Crippen LogP contribution < -0.4 is 5.32 Å². The minimum atomic E-state index is -0.210. The van der Waals surface area contributed by atoms with E-state index in [1.54, 1.807) is 24.3 Å². The van der Waals surface area contributed by atoms with Gasteiger partial charge in [-0.1, -0.05) is 46.6 Å². The summed E-state index contributed by atoms with van der Waals surface area (Å²) < 4.78 is 13.1. The van der Waals surface area contributed by atoms with Gasteiger partial charge in [0.2, 0.25) is 0 Å². The van der Waals surface area contributed by atoms with E-state index in [-0.39, 0.29) is 11.9 Å². The molecule has 0 spiro atoms. The number of hydrogen-bond donors (Lipinski definition) is 1. The maximum absolute atomic E-state index is 13.1. The maximum Gasteiger partial charge on any atom is 0.181 e. The summed E-state index contributed by atoms with van der Waals surface area (Å²) in [5.41, 5.74) is 2.74. The topological polar surface area (TPSA) is 38.2 Å². The number of nitrogens with two attached hydrogens (primary N) is 1. The molecule has 2 aromatic rings. The molecule has 3 nitrogen and oxygen atoms in total. The summed E-state index contributed by atoms with van der Waals surface area (Å²) in [7, 11) is 0. The molecule has 0 amide bonds. The summed E-state index contributed by atoms with van der Waals surface area (Å²) >= 11 is 11.9. The quantitative estimate of drug-likeness (QED) is 0.878. The van der Waals surface area contributed by atoms with Crippen LogP contribution in [-0.4, -0.2) is 18.4 Å². The van der Waals surface area contributed by atoms with Crippen LogP contribution in [0, 0.1) is 5.82 Å². The summed E-state index contributed by atoms with van der Waals surface area (Å²) in [6.07, 6.45) is 0.727.